The molecule has 0 aliphatic rings. The molecule has 32 heavy (non-hydrogen) atoms. The predicted octanol–water partition coefficient (Wildman–Crippen LogP) is 3.96. The lowest BCUT2D eigenvalue weighted by Gasteiger charge is -2.18. The van der Waals surface area contributed by atoms with E-state index in [9.17, 15) is 4.79 Å². The fraction of sp³-hybridized carbons (Fsp3) is 0.292. The third kappa shape index (κ3) is 5.70. The molecule has 0 aliphatic heterocycles. The highest BCUT2D eigenvalue weighted by Gasteiger charge is 2.17. The Hall–Kier alpha value is -3.26. The second kappa shape index (κ2) is 10.9. The standard InChI is InChI=1S/C24H29N5O2S/c1-6-15-29-23(19-9-13-21(31-5)14-10-19)25-26-24(29)32-17-22(30)28(4)16-18-7-11-20(12-8-18)27(2)3/h6-14H,1,15-17H2,2-5H3. The number of amides is 1. The van der Waals surface area contributed by atoms with E-state index in [1.54, 1.807) is 18.1 Å². The Morgan fingerprint density at radius 2 is 1.78 bits per heavy atom. The summed E-state index contributed by atoms with van der Waals surface area (Å²) in [4.78, 5) is 16.5. The van der Waals surface area contributed by atoms with Crippen molar-refractivity contribution in [2.75, 3.05) is 38.9 Å². The Labute approximate surface area is 193 Å². The molecule has 1 heterocycles. The number of ether oxygens (including phenoxy) is 1. The van der Waals surface area contributed by atoms with E-state index in [0.29, 0.717) is 18.2 Å². The van der Waals surface area contributed by atoms with E-state index in [-0.39, 0.29) is 11.7 Å². The molecule has 0 radical (unpaired) electrons. The molecule has 0 spiro atoms. The number of carbonyl (C=O) groups is 1. The molecule has 2 aromatic carbocycles. The number of hydrogen-bond donors (Lipinski definition) is 0. The van der Waals surface area contributed by atoms with Gasteiger partial charge in [-0.2, -0.15) is 0 Å². The van der Waals surface area contributed by atoms with Crippen LogP contribution in [0.4, 0.5) is 5.69 Å². The molecule has 0 unspecified atom stereocenters. The third-order valence-corrected chi connectivity index (χ3v) is 5.95. The van der Waals surface area contributed by atoms with Crippen molar-refractivity contribution in [1.29, 1.82) is 0 Å². The molecule has 0 atom stereocenters. The molecule has 0 N–H and O–H groups in total. The van der Waals surface area contributed by atoms with Gasteiger partial charge in [0.15, 0.2) is 11.0 Å². The maximum atomic E-state index is 12.7. The summed E-state index contributed by atoms with van der Waals surface area (Å²) in [5, 5.41) is 9.35. The molecule has 8 heteroatoms. The van der Waals surface area contributed by atoms with E-state index in [2.05, 4.69) is 33.8 Å². The quantitative estimate of drug-likeness (QED) is 0.344. The molecular weight excluding hydrogens is 422 g/mol. The van der Waals surface area contributed by atoms with Crippen molar-refractivity contribution in [2.45, 2.75) is 18.2 Å². The number of methoxy groups -OCH3 is 1. The molecule has 0 fully saturated rings. The molecule has 1 amide bonds. The lowest BCUT2D eigenvalue weighted by Crippen LogP contribution is -2.28. The molecule has 0 saturated heterocycles. The minimum atomic E-state index is 0.0332. The molecule has 168 valence electrons. The molecule has 0 bridgehead atoms. The van der Waals surface area contributed by atoms with E-state index >= 15 is 0 Å². The minimum Gasteiger partial charge on any atom is -0.497 e. The molecular formula is C24H29N5O2S. The van der Waals surface area contributed by atoms with Crippen molar-refractivity contribution in [3.63, 3.8) is 0 Å². The predicted molar refractivity (Wildman–Crippen MR) is 130 cm³/mol. The van der Waals surface area contributed by atoms with Crippen molar-refractivity contribution in [3.05, 3.63) is 66.7 Å². The maximum Gasteiger partial charge on any atom is 0.233 e. The van der Waals surface area contributed by atoms with Crippen LogP contribution >= 0.6 is 11.8 Å². The lowest BCUT2D eigenvalue weighted by molar-refractivity contribution is -0.127. The molecule has 0 aliphatic carbocycles. The van der Waals surface area contributed by atoms with Gasteiger partial charge in [-0.3, -0.25) is 9.36 Å². The number of anilines is 1. The summed E-state index contributed by atoms with van der Waals surface area (Å²) >= 11 is 1.38. The molecule has 0 saturated carbocycles. The van der Waals surface area contributed by atoms with Gasteiger partial charge in [0.2, 0.25) is 5.91 Å². The fourth-order valence-electron chi connectivity index (χ4n) is 3.14. The summed E-state index contributed by atoms with van der Waals surface area (Å²) in [6.07, 6.45) is 1.80. The topological polar surface area (TPSA) is 63.5 Å². The van der Waals surface area contributed by atoms with Gasteiger partial charge >= 0.3 is 0 Å². The van der Waals surface area contributed by atoms with Gasteiger partial charge in [-0.1, -0.05) is 30.0 Å². The van der Waals surface area contributed by atoms with Crippen LogP contribution in [-0.2, 0) is 17.9 Å². The first kappa shape index (κ1) is 23.4. The number of aromatic nitrogens is 3. The van der Waals surface area contributed by atoms with Crippen LogP contribution in [0.5, 0.6) is 5.75 Å². The van der Waals surface area contributed by atoms with Gasteiger partial charge in [-0.25, -0.2) is 0 Å². The van der Waals surface area contributed by atoms with Crippen LogP contribution in [0.1, 0.15) is 5.56 Å². The maximum absolute atomic E-state index is 12.7. The first-order chi connectivity index (χ1) is 15.4. The van der Waals surface area contributed by atoms with Crippen LogP contribution in [-0.4, -0.2) is 59.6 Å². The van der Waals surface area contributed by atoms with Gasteiger partial charge in [0.05, 0.1) is 12.9 Å². The number of carbonyl (C=O) groups excluding carboxylic acids is 1. The number of hydrogen-bond acceptors (Lipinski definition) is 6. The molecule has 3 aromatic rings. The van der Waals surface area contributed by atoms with Crippen molar-refractivity contribution in [2.24, 2.45) is 0 Å². The van der Waals surface area contributed by atoms with Crippen molar-refractivity contribution < 1.29 is 9.53 Å². The average molecular weight is 452 g/mol. The van der Waals surface area contributed by atoms with Crippen LogP contribution in [0, 0.1) is 0 Å². The van der Waals surface area contributed by atoms with Crippen LogP contribution in [0.3, 0.4) is 0 Å². The molecule has 7 nitrogen and oxygen atoms in total. The normalized spacial score (nSPS) is 10.6. The van der Waals surface area contributed by atoms with Gasteiger partial charge < -0.3 is 14.5 Å². The van der Waals surface area contributed by atoms with E-state index < -0.39 is 0 Å². The summed E-state index contributed by atoms with van der Waals surface area (Å²) in [6.45, 7) is 4.96. The highest BCUT2D eigenvalue weighted by Crippen LogP contribution is 2.26. The van der Waals surface area contributed by atoms with E-state index in [0.717, 1.165) is 28.4 Å². The fourth-order valence-corrected chi connectivity index (χ4v) is 4.03. The van der Waals surface area contributed by atoms with Crippen LogP contribution in [0.2, 0.25) is 0 Å². The van der Waals surface area contributed by atoms with Gasteiger partial charge in [0, 0.05) is 45.5 Å². The molecule has 1 aromatic heterocycles. The van der Waals surface area contributed by atoms with Crippen molar-refractivity contribution in [1.82, 2.24) is 19.7 Å². The first-order valence-corrected chi connectivity index (χ1v) is 11.2. The smallest absolute Gasteiger partial charge is 0.233 e. The third-order valence-electron chi connectivity index (χ3n) is 5.00. The van der Waals surface area contributed by atoms with E-state index in [4.69, 9.17) is 4.74 Å². The summed E-state index contributed by atoms with van der Waals surface area (Å²) in [5.74, 6) is 1.83. The molecule has 3 rings (SSSR count). The van der Waals surface area contributed by atoms with Crippen LogP contribution < -0.4 is 9.64 Å². The largest absolute Gasteiger partial charge is 0.497 e. The number of allylic oxidation sites excluding steroid dienone is 1. The Kier molecular flexibility index (Phi) is 7.94. The highest BCUT2D eigenvalue weighted by atomic mass is 32.2. The number of nitrogens with zero attached hydrogens (tertiary/aromatic N) is 5. The van der Waals surface area contributed by atoms with Crippen molar-refractivity contribution >= 4 is 23.4 Å². The Morgan fingerprint density at radius 3 is 2.38 bits per heavy atom. The second-order valence-corrected chi connectivity index (χ2v) is 8.48. The second-order valence-electron chi connectivity index (χ2n) is 7.53. The number of thioether (sulfide) groups is 1. The zero-order valence-electron chi connectivity index (χ0n) is 19.0. The summed E-state index contributed by atoms with van der Waals surface area (Å²) in [5.41, 5.74) is 3.15. The number of benzene rings is 2. The van der Waals surface area contributed by atoms with Crippen LogP contribution in [0.15, 0.2) is 66.3 Å². The zero-order chi connectivity index (χ0) is 23.1. The highest BCUT2D eigenvalue weighted by molar-refractivity contribution is 7.99. The van der Waals surface area contributed by atoms with Gasteiger partial charge in [-0.05, 0) is 42.0 Å². The SMILES string of the molecule is C=CCn1c(SCC(=O)N(C)Cc2ccc(N(C)C)cc2)nnc1-c1ccc(OC)cc1. The summed E-state index contributed by atoms with van der Waals surface area (Å²) in [6, 6.07) is 15.9. The average Bonchev–Trinajstić information content (AvgIpc) is 3.20. The van der Waals surface area contributed by atoms with Crippen molar-refractivity contribution in [3.8, 4) is 17.1 Å². The van der Waals surface area contributed by atoms with Crippen LogP contribution in [0.25, 0.3) is 11.4 Å². The zero-order valence-corrected chi connectivity index (χ0v) is 19.8. The van der Waals surface area contributed by atoms with Gasteiger partial charge in [-0.15, -0.1) is 16.8 Å². The van der Waals surface area contributed by atoms with E-state index in [1.807, 2.05) is 62.1 Å². The Morgan fingerprint density at radius 1 is 1.09 bits per heavy atom. The van der Waals surface area contributed by atoms with Gasteiger partial charge in [0.1, 0.15) is 5.75 Å². The summed E-state index contributed by atoms with van der Waals surface area (Å²) < 4.78 is 7.19. The summed E-state index contributed by atoms with van der Waals surface area (Å²) in [7, 11) is 7.47. The van der Waals surface area contributed by atoms with E-state index in [1.165, 1.54) is 11.8 Å². The lowest BCUT2D eigenvalue weighted by atomic mass is 10.2. The monoisotopic (exact) mass is 451 g/mol. The van der Waals surface area contributed by atoms with Gasteiger partial charge in [0.25, 0.3) is 0 Å². The number of rotatable bonds is 10. The minimum absolute atomic E-state index is 0.0332. The first-order valence-electron chi connectivity index (χ1n) is 10.2. The Bertz CT molecular complexity index is 1050. The Balaban J connectivity index is 1.65.